The van der Waals surface area contributed by atoms with Crippen LogP contribution in [0.4, 0.5) is 5.69 Å². The van der Waals surface area contributed by atoms with Crippen molar-refractivity contribution in [1.29, 1.82) is 0 Å². The molecule has 0 amide bonds. The fraction of sp³-hybridized carbons (Fsp3) is 0.167. The van der Waals surface area contributed by atoms with E-state index in [0.29, 0.717) is 5.92 Å². The molecule has 0 aliphatic rings. The second-order valence-corrected chi connectivity index (χ2v) is 5.18. The van der Waals surface area contributed by atoms with Crippen LogP contribution in [0.3, 0.4) is 0 Å². The third-order valence-electron chi connectivity index (χ3n) is 3.65. The molecule has 1 aromatic heterocycles. The molecular weight excluding hydrogens is 258 g/mol. The van der Waals surface area contributed by atoms with Crippen LogP contribution in [0.15, 0.2) is 73.3 Å². The van der Waals surface area contributed by atoms with E-state index in [-0.39, 0.29) is 0 Å². The number of para-hydroxylation sites is 2. The molecule has 3 heteroatoms. The van der Waals surface area contributed by atoms with Gasteiger partial charge in [-0.15, -0.1) is 0 Å². The van der Waals surface area contributed by atoms with Gasteiger partial charge in [-0.1, -0.05) is 49.4 Å². The van der Waals surface area contributed by atoms with Crippen molar-refractivity contribution in [2.75, 3.05) is 11.9 Å². The number of rotatable bonds is 5. The summed E-state index contributed by atoms with van der Waals surface area (Å²) >= 11 is 0. The first-order valence-corrected chi connectivity index (χ1v) is 7.21. The van der Waals surface area contributed by atoms with Gasteiger partial charge in [0, 0.05) is 18.9 Å². The standard InChI is InChI=1S/C18H19N3/c1-15(16-7-3-2-4-8-16)13-20-17-9-5-6-10-18(17)21-12-11-19-14-21/h2-12,14-15,20H,13H2,1H3. The molecule has 0 bridgehead atoms. The van der Waals surface area contributed by atoms with Crippen LogP contribution in [-0.2, 0) is 0 Å². The van der Waals surface area contributed by atoms with Gasteiger partial charge in [0.05, 0.1) is 17.7 Å². The Kier molecular flexibility index (Phi) is 4.01. The van der Waals surface area contributed by atoms with E-state index in [0.717, 1.165) is 17.9 Å². The van der Waals surface area contributed by atoms with E-state index in [1.54, 1.807) is 6.20 Å². The van der Waals surface area contributed by atoms with Gasteiger partial charge in [-0.25, -0.2) is 4.98 Å². The van der Waals surface area contributed by atoms with E-state index in [1.807, 2.05) is 23.2 Å². The molecule has 1 atom stereocenters. The molecule has 3 aromatic rings. The van der Waals surface area contributed by atoms with E-state index >= 15 is 0 Å². The Labute approximate surface area is 125 Å². The molecule has 0 aliphatic heterocycles. The van der Waals surface area contributed by atoms with Crippen LogP contribution < -0.4 is 5.32 Å². The molecule has 0 spiro atoms. The van der Waals surface area contributed by atoms with Crippen LogP contribution in [-0.4, -0.2) is 16.1 Å². The largest absolute Gasteiger partial charge is 0.383 e. The molecule has 0 aliphatic carbocycles. The first-order valence-electron chi connectivity index (χ1n) is 7.21. The van der Waals surface area contributed by atoms with Crippen LogP contribution >= 0.6 is 0 Å². The van der Waals surface area contributed by atoms with E-state index in [9.17, 15) is 0 Å². The SMILES string of the molecule is CC(CNc1ccccc1-n1ccnc1)c1ccccc1. The Morgan fingerprint density at radius 2 is 1.81 bits per heavy atom. The van der Waals surface area contributed by atoms with Gasteiger partial charge in [0.15, 0.2) is 0 Å². The van der Waals surface area contributed by atoms with Gasteiger partial charge >= 0.3 is 0 Å². The summed E-state index contributed by atoms with van der Waals surface area (Å²) in [6.45, 7) is 3.14. The predicted molar refractivity (Wildman–Crippen MR) is 86.9 cm³/mol. The quantitative estimate of drug-likeness (QED) is 0.761. The van der Waals surface area contributed by atoms with Gasteiger partial charge in [-0.3, -0.25) is 0 Å². The molecule has 3 nitrogen and oxygen atoms in total. The minimum atomic E-state index is 0.460. The molecule has 2 aromatic carbocycles. The third kappa shape index (κ3) is 3.14. The Morgan fingerprint density at radius 3 is 2.57 bits per heavy atom. The first kappa shape index (κ1) is 13.4. The highest BCUT2D eigenvalue weighted by molar-refractivity contribution is 5.61. The zero-order valence-corrected chi connectivity index (χ0v) is 12.1. The van der Waals surface area contributed by atoms with Crippen molar-refractivity contribution in [3.05, 3.63) is 78.9 Å². The summed E-state index contributed by atoms with van der Waals surface area (Å²) in [6, 6.07) is 18.9. The summed E-state index contributed by atoms with van der Waals surface area (Å²) < 4.78 is 2.02. The second-order valence-electron chi connectivity index (χ2n) is 5.18. The molecule has 0 fully saturated rings. The smallest absolute Gasteiger partial charge is 0.0992 e. The molecule has 21 heavy (non-hydrogen) atoms. The van der Waals surface area contributed by atoms with Crippen molar-refractivity contribution in [2.45, 2.75) is 12.8 Å². The minimum absolute atomic E-state index is 0.460. The van der Waals surface area contributed by atoms with E-state index in [2.05, 4.69) is 65.8 Å². The summed E-state index contributed by atoms with van der Waals surface area (Å²) in [5.41, 5.74) is 3.60. The highest BCUT2D eigenvalue weighted by Gasteiger charge is 2.07. The van der Waals surface area contributed by atoms with Gasteiger partial charge in [0.2, 0.25) is 0 Å². The number of anilines is 1. The fourth-order valence-electron chi connectivity index (χ4n) is 2.41. The van der Waals surface area contributed by atoms with Crippen molar-refractivity contribution in [3.8, 4) is 5.69 Å². The highest BCUT2D eigenvalue weighted by atomic mass is 15.1. The van der Waals surface area contributed by atoms with Crippen LogP contribution in [0.1, 0.15) is 18.4 Å². The zero-order valence-electron chi connectivity index (χ0n) is 12.1. The van der Waals surface area contributed by atoms with Gasteiger partial charge in [0.1, 0.15) is 0 Å². The third-order valence-corrected chi connectivity index (χ3v) is 3.65. The molecule has 0 radical (unpaired) electrons. The van der Waals surface area contributed by atoms with Gasteiger partial charge in [-0.2, -0.15) is 0 Å². The molecule has 1 N–H and O–H groups in total. The van der Waals surface area contributed by atoms with Crippen LogP contribution in [0.5, 0.6) is 0 Å². The molecule has 1 heterocycles. The van der Waals surface area contributed by atoms with Crippen molar-refractivity contribution in [1.82, 2.24) is 9.55 Å². The molecular formula is C18H19N3. The van der Waals surface area contributed by atoms with Crippen LogP contribution in [0.25, 0.3) is 5.69 Å². The summed E-state index contributed by atoms with van der Waals surface area (Å²) in [5, 5.41) is 3.55. The average molecular weight is 277 g/mol. The molecule has 0 saturated carbocycles. The van der Waals surface area contributed by atoms with Crippen molar-refractivity contribution >= 4 is 5.69 Å². The van der Waals surface area contributed by atoms with E-state index in [4.69, 9.17) is 0 Å². The lowest BCUT2D eigenvalue weighted by molar-refractivity contribution is 0.804. The lowest BCUT2D eigenvalue weighted by Crippen LogP contribution is -2.11. The fourth-order valence-corrected chi connectivity index (χ4v) is 2.41. The number of nitrogens with one attached hydrogen (secondary N) is 1. The maximum absolute atomic E-state index is 4.12. The Bertz CT molecular complexity index is 675. The van der Waals surface area contributed by atoms with Gasteiger partial charge < -0.3 is 9.88 Å². The number of hydrogen-bond donors (Lipinski definition) is 1. The lowest BCUT2D eigenvalue weighted by Gasteiger charge is -2.16. The number of benzene rings is 2. The van der Waals surface area contributed by atoms with Crippen molar-refractivity contribution in [3.63, 3.8) is 0 Å². The number of imidazole rings is 1. The van der Waals surface area contributed by atoms with E-state index in [1.165, 1.54) is 5.56 Å². The summed E-state index contributed by atoms with van der Waals surface area (Å²) in [4.78, 5) is 4.12. The summed E-state index contributed by atoms with van der Waals surface area (Å²) in [7, 11) is 0. The van der Waals surface area contributed by atoms with Gasteiger partial charge in [-0.05, 0) is 23.6 Å². The summed E-state index contributed by atoms with van der Waals surface area (Å²) in [5.74, 6) is 0.460. The van der Waals surface area contributed by atoms with Crippen molar-refractivity contribution < 1.29 is 0 Å². The van der Waals surface area contributed by atoms with E-state index < -0.39 is 0 Å². The lowest BCUT2D eigenvalue weighted by atomic mass is 10.0. The normalized spacial score (nSPS) is 12.0. The Morgan fingerprint density at radius 1 is 1.05 bits per heavy atom. The van der Waals surface area contributed by atoms with Gasteiger partial charge in [0.25, 0.3) is 0 Å². The molecule has 106 valence electrons. The zero-order chi connectivity index (χ0) is 14.5. The topological polar surface area (TPSA) is 29.9 Å². The molecule has 1 unspecified atom stereocenters. The second kappa shape index (κ2) is 6.27. The van der Waals surface area contributed by atoms with Crippen molar-refractivity contribution in [2.24, 2.45) is 0 Å². The van der Waals surface area contributed by atoms with Crippen LogP contribution in [0, 0.1) is 0 Å². The predicted octanol–water partition coefficient (Wildman–Crippen LogP) is 4.09. The summed E-state index contributed by atoms with van der Waals surface area (Å²) in [6.07, 6.45) is 5.58. The van der Waals surface area contributed by atoms with Crippen LogP contribution in [0.2, 0.25) is 0 Å². The maximum Gasteiger partial charge on any atom is 0.0992 e. The number of aromatic nitrogens is 2. The Balaban J connectivity index is 1.74. The minimum Gasteiger partial charge on any atom is -0.383 e. The average Bonchev–Trinajstić information content (AvgIpc) is 3.08. The highest BCUT2D eigenvalue weighted by Crippen LogP contribution is 2.21. The molecule has 3 rings (SSSR count). The monoisotopic (exact) mass is 277 g/mol. The molecule has 0 saturated heterocycles. The Hall–Kier alpha value is -2.55. The number of hydrogen-bond acceptors (Lipinski definition) is 2. The number of nitrogens with zero attached hydrogens (tertiary/aromatic N) is 2. The maximum atomic E-state index is 4.12. The first-order chi connectivity index (χ1) is 10.3.